The van der Waals surface area contributed by atoms with Gasteiger partial charge < -0.3 is 0 Å². The van der Waals surface area contributed by atoms with Crippen LogP contribution >= 0.6 is 11.6 Å². The minimum absolute atomic E-state index is 0.0557. The number of carbonyl (C=O) groups is 1. The van der Waals surface area contributed by atoms with Gasteiger partial charge in [-0.15, -0.1) is 0 Å². The maximum atomic E-state index is 12.9. The van der Waals surface area contributed by atoms with E-state index in [1.807, 2.05) is 6.92 Å². The summed E-state index contributed by atoms with van der Waals surface area (Å²) in [5.74, 6) is 0. The van der Waals surface area contributed by atoms with E-state index in [-0.39, 0.29) is 11.1 Å². The monoisotopic (exact) mass is 290 g/mol. The number of hydrogen-bond donors (Lipinski definition) is 0. The van der Waals surface area contributed by atoms with Gasteiger partial charge in [-0.25, -0.2) is 0 Å². The second-order valence-corrected chi connectivity index (χ2v) is 4.56. The fourth-order valence-corrected chi connectivity index (χ4v) is 1.91. The van der Waals surface area contributed by atoms with Crippen molar-refractivity contribution >= 4 is 22.9 Å². The SMILES string of the molecule is CCC/C=C/c1cc(C)c(C(=O)Cl)cc1C(F)(F)F. The highest BCUT2D eigenvalue weighted by atomic mass is 35.5. The van der Waals surface area contributed by atoms with Crippen LogP contribution in [0.3, 0.4) is 0 Å². The second kappa shape index (κ2) is 6.24. The van der Waals surface area contributed by atoms with Gasteiger partial charge in [-0.1, -0.05) is 31.6 Å². The van der Waals surface area contributed by atoms with Crippen molar-refractivity contribution in [3.05, 3.63) is 40.5 Å². The number of carbonyl (C=O) groups excluding carboxylic acids is 1. The highest BCUT2D eigenvalue weighted by Crippen LogP contribution is 2.34. The summed E-state index contributed by atoms with van der Waals surface area (Å²) in [6, 6.07) is 2.15. The van der Waals surface area contributed by atoms with Crippen LogP contribution in [0, 0.1) is 6.92 Å². The van der Waals surface area contributed by atoms with Crippen molar-refractivity contribution in [2.45, 2.75) is 32.9 Å². The molecule has 0 aliphatic heterocycles. The molecule has 0 aliphatic rings. The normalized spacial score (nSPS) is 12.1. The summed E-state index contributed by atoms with van der Waals surface area (Å²) in [7, 11) is 0. The van der Waals surface area contributed by atoms with E-state index in [1.165, 1.54) is 12.1 Å². The number of rotatable bonds is 4. The third-order valence-electron chi connectivity index (χ3n) is 2.67. The van der Waals surface area contributed by atoms with Crippen molar-refractivity contribution < 1.29 is 18.0 Å². The van der Waals surface area contributed by atoms with Gasteiger partial charge in [0.25, 0.3) is 5.24 Å². The molecule has 1 aromatic carbocycles. The van der Waals surface area contributed by atoms with E-state index >= 15 is 0 Å². The quantitative estimate of drug-likeness (QED) is 0.696. The number of alkyl halides is 3. The molecular weight excluding hydrogens is 277 g/mol. The third-order valence-corrected chi connectivity index (χ3v) is 2.87. The van der Waals surface area contributed by atoms with Gasteiger partial charge >= 0.3 is 6.18 Å². The molecule has 104 valence electrons. The molecule has 0 aromatic heterocycles. The molecule has 0 fully saturated rings. The van der Waals surface area contributed by atoms with Gasteiger partial charge in [-0.3, -0.25) is 4.79 Å². The van der Waals surface area contributed by atoms with E-state index < -0.39 is 17.0 Å². The van der Waals surface area contributed by atoms with E-state index in [1.54, 1.807) is 13.0 Å². The zero-order valence-electron chi connectivity index (χ0n) is 10.6. The Balaban J connectivity index is 3.37. The maximum absolute atomic E-state index is 12.9. The first kappa shape index (κ1) is 15.8. The third kappa shape index (κ3) is 4.10. The number of aryl methyl sites for hydroxylation is 1. The first-order valence-corrected chi connectivity index (χ1v) is 6.23. The molecule has 0 saturated heterocycles. The Bertz CT molecular complexity index is 504. The van der Waals surface area contributed by atoms with E-state index in [0.717, 1.165) is 12.5 Å². The largest absolute Gasteiger partial charge is 0.417 e. The summed E-state index contributed by atoms with van der Waals surface area (Å²) in [5, 5.41) is -0.882. The fourth-order valence-electron chi connectivity index (χ4n) is 1.70. The van der Waals surface area contributed by atoms with E-state index in [2.05, 4.69) is 0 Å². The summed E-state index contributed by atoms with van der Waals surface area (Å²) in [6.07, 6.45) is 0.163. The Morgan fingerprint density at radius 1 is 1.37 bits per heavy atom. The molecular formula is C14H14ClF3O. The molecule has 0 bridgehead atoms. The zero-order valence-corrected chi connectivity index (χ0v) is 11.4. The number of allylic oxidation sites excluding steroid dienone is 1. The number of halogens is 4. The first-order valence-electron chi connectivity index (χ1n) is 5.85. The van der Waals surface area contributed by atoms with Crippen molar-refractivity contribution in [3.63, 3.8) is 0 Å². The van der Waals surface area contributed by atoms with Crippen molar-refractivity contribution in [1.82, 2.24) is 0 Å². The highest BCUT2D eigenvalue weighted by Gasteiger charge is 2.33. The molecule has 5 heteroatoms. The van der Waals surface area contributed by atoms with Crippen LogP contribution in [0.2, 0.25) is 0 Å². The average molecular weight is 291 g/mol. The lowest BCUT2D eigenvalue weighted by Gasteiger charge is -2.13. The summed E-state index contributed by atoms with van der Waals surface area (Å²) in [5.41, 5.74) is -0.458. The summed E-state index contributed by atoms with van der Waals surface area (Å²) >= 11 is 5.29. The van der Waals surface area contributed by atoms with Crippen LogP contribution in [-0.2, 0) is 6.18 Å². The number of benzene rings is 1. The molecule has 0 spiro atoms. The predicted octanol–water partition coefficient (Wildman–Crippen LogP) is 5.21. The Morgan fingerprint density at radius 2 is 2.00 bits per heavy atom. The maximum Gasteiger partial charge on any atom is 0.417 e. The average Bonchev–Trinajstić information content (AvgIpc) is 2.27. The van der Waals surface area contributed by atoms with E-state index in [0.29, 0.717) is 12.0 Å². The molecule has 0 unspecified atom stereocenters. The van der Waals surface area contributed by atoms with Crippen LogP contribution in [0.5, 0.6) is 0 Å². The van der Waals surface area contributed by atoms with Crippen molar-refractivity contribution in [1.29, 1.82) is 0 Å². The number of hydrogen-bond acceptors (Lipinski definition) is 1. The lowest BCUT2D eigenvalue weighted by molar-refractivity contribution is -0.137. The molecule has 0 atom stereocenters. The van der Waals surface area contributed by atoms with Gasteiger partial charge in [0.05, 0.1) is 5.56 Å². The van der Waals surface area contributed by atoms with Crippen LogP contribution in [0.1, 0.15) is 46.8 Å². The van der Waals surface area contributed by atoms with Crippen LogP contribution < -0.4 is 0 Å². The Hall–Kier alpha value is -1.29. The molecule has 0 N–H and O–H groups in total. The van der Waals surface area contributed by atoms with Crippen LogP contribution in [-0.4, -0.2) is 5.24 Å². The Kier molecular flexibility index (Phi) is 5.18. The van der Waals surface area contributed by atoms with Gasteiger partial charge in [0.15, 0.2) is 0 Å². The van der Waals surface area contributed by atoms with Crippen molar-refractivity contribution in [2.75, 3.05) is 0 Å². The number of unbranched alkanes of at least 4 members (excludes halogenated alkanes) is 1. The van der Waals surface area contributed by atoms with E-state index in [4.69, 9.17) is 11.6 Å². The zero-order chi connectivity index (χ0) is 14.6. The molecule has 1 aromatic rings. The fraction of sp³-hybridized carbons (Fsp3) is 0.357. The molecule has 1 rings (SSSR count). The first-order chi connectivity index (χ1) is 8.77. The van der Waals surface area contributed by atoms with Gasteiger partial charge in [0.2, 0.25) is 0 Å². The molecule has 0 heterocycles. The molecule has 0 radical (unpaired) electrons. The van der Waals surface area contributed by atoms with Crippen LogP contribution in [0.15, 0.2) is 18.2 Å². The molecule has 1 nitrogen and oxygen atoms in total. The van der Waals surface area contributed by atoms with Gasteiger partial charge in [-0.2, -0.15) is 13.2 Å². The van der Waals surface area contributed by atoms with Gasteiger partial charge in [0, 0.05) is 5.56 Å². The Labute approximate surface area is 115 Å². The minimum atomic E-state index is -4.51. The second-order valence-electron chi connectivity index (χ2n) is 4.22. The topological polar surface area (TPSA) is 17.1 Å². The van der Waals surface area contributed by atoms with Gasteiger partial charge in [0.1, 0.15) is 0 Å². The van der Waals surface area contributed by atoms with Crippen molar-refractivity contribution in [3.8, 4) is 0 Å². The smallest absolute Gasteiger partial charge is 0.276 e. The highest BCUT2D eigenvalue weighted by molar-refractivity contribution is 6.67. The molecule has 0 aliphatic carbocycles. The Morgan fingerprint density at radius 3 is 2.47 bits per heavy atom. The van der Waals surface area contributed by atoms with Crippen LogP contribution in [0.25, 0.3) is 6.08 Å². The molecule has 0 saturated carbocycles. The standard InChI is InChI=1S/C14H14ClF3O/c1-3-4-5-6-10-7-9(2)11(13(15)19)8-12(10)14(16,17)18/h5-8H,3-4H2,1-2H3/b6-5+. The minimum Gasteiger partial charge on any atom is -0.276 e. The van der Waals surface area contributed by atoms with Crippen molar-refractivity contribution in [2.24, 2.45) is 0 Å². The molecule has 0 amide bonds. The summed E-state index contributed by atoms with van der Waals surface area (Å²) < 4.78 is 38.8. The summed E-state index contributed by atoms with van der Waals surface area (Å²) in [6.45, 7) is 3.50. The van der Waals surface area contributed by atoms with Crippen LogP contribution in [0.4, 0.5) is 13.2 Å². The molecule has 19 heavy (non-hydrogen) atoms. The summed E-state index contributed by atoms with van der Waals surface area (Å²) in [4.78, 5) is 11.1. The lowest BCUT2D eigenvalue weighted by Crippen LogP contribution is -2.10. The predicted molar refractivity (Wildman–Crippen MR) is 70.3 cm³/mol. The van der Waals surface area contributed by atoms with Gasteiger partial charge in [-0.05, 0) is 42.1 Å². The lowest BCUT2D eigenvalue weighted by atomic mass is 9.98. The van der Waals surface area contributed by atoms with E-state index in [9.17, 15) is 18.0 Å².